The number of nitrogens with zero attached hydrogens (tertiary/aromatic N) is 2. The average molecular weight is 258 g/mol. The molecule has 4 heteroatoms. The molecule has 1 atom stereocenters. The van der Waals surface area contributed by atoms with Gasteiger partial charge in [-0.25, -0.2) is 0 Å². The highest BCUT2D eigenvalue weighted by Crippen LogP contribution is 2.27. The number of hydrogen-bond donors (Lipinski definition) is 2. The predicted octanol–water partition coefficient (Wildman–Crippen LogP) is 1.65. The first-order valence-corrected chi connectivity index (χ1v) is 7.18. The van der Waals surface area contributed by atoms with Gasteiger partial charge in [-0.2, -0.15) is 0 Å². The van der Waals surface area contributed by atoms with E-state index >= 15 is 0 Å². The van der Waals surface area contributed by atoms with Crippen LogP contribution in [0.2, 0.25) is 0 Å². The van der Waals surface area contributed by atoms with Gasteiger partial charge in [0.15, 0.2) is 0 Å². The minimum Gasteiger partial charge on any atom is -0.384 e. The van der Waals surface area contributed by atoms with Crippen molar-refractivity contribution in [3.05, 3.63) is 29.8 Å². The molecule has 19 heavy (non-hydrogen) atoms. The molecule has 0 saturated carbocycles. The lowest BCUT2D eigenvalue weighted by atomic mass is 10.1. The molecular weight excluding hydrogens is 236 g/mol. The highest BCUT2D eigenvalue weighted by atomic mass is 15.3. The molecule has 0 aliphatic carbocycles. The van der Waals surface area contributed by atoms with Crippen LogP contribution in [0.5, 0.6) is 0 Å². The maximum absolute atomic E-state index is 7.70. The van der Waals surface area contributed by atoms with Crippen molar-refractivity contribution in [2.75, 3.05) is 31.1 Å². The third-order valence-corrected chi connectivity index (χ3v) is 4.36. The monoisotopic (exact) mass is 258 g/mol. The summed E-state index contributed by atoms with van der Waals surface area (Å²) in [7, 11) is 0. The molecule has 0 amide bonds. The Labute approximate surface area is 114 Å². The maximum Gasteiger partial charge on any atom is 0.124 e. The molecular formula is C15H22N4. The number of nitrogen functional groups attached to an aromatic ring is 1. The highest BCUT2D eigenvalue weighted by molar-refractivity contribution is 6.00. The smallest absolute Gasteiger partial charge is 0.124 e. The van der Waals surface area contributed by atoms with Gasteiger partial charge in [0.1, 0.15) is 5.84 Å². The summed E-state index contributed by atoms with van der Waals surface area (Å²) in [5.41, 5.74) is 7.67. The van der Waals surface area contributed by atoms with Gasteiger partial charge in [-0.1, -0.05) is 12.1 Å². The van der Waals surface area contributed by atoms with Crippen molar-refractivity contribution in [2.45, 2.75) is 25.3 Å². The van der Waals surface area contributed by atoms with Crippen molar-refractivity contribution < 1.29 is 0 Å². The summed E-state index contributed by atoms with van der Waals surface area (Å²) in [6.45, 7) is 4.66. The molecule has 3 N–H and O–H groups in total. The molecule has 102 valence electrons. The van der Waals surface area contributed by atoms with Gasteiger partial charge in [0.25, 0.3) is 0 Å². The van der Waals surface area contributed by atoms with E-state index in [0.29, 0.717) is 6.04 Å². The van der Waals surface area contributed by atoms with Crippen molar-refractivity contribution in [2.24, 2.45) is 5.73 Å². The topological polar surface area (TPSA) is 56.4 Å². The quantitative estimate of drug-likeness (QED) is 0.640. The van der Waals surface area contributed by atoms with Crippen LogP contribution in [0.3, 0.4) is 0 Å². The van der Waals surface area contributed by atoms with E-state index < -0.39 is 0 Å². The second kappa shape index (κ2) is 5.21. The molecule has 0 aromatic heterocycles. The fourth-order valence-corrected chi connectivity index (χ4v) is 3.34. The van der Waals surface area contributed by atoms with E-state index in [0.717, 1.165) is 24.3 Å². The molecule has 1 aromatic rings. The third-order valence-electron chi connectivity index (χ3n) is 4.36. The van der Waals surface area contributed by atoms with E-state index in [4.69, 9.17) is 11.1 Å². The Balaban J connectivity index is 1.75. The van der Waals surface area contributed by atoms with Crippen molar-refractivity contribution in [3.63, 3.8) is 0 Å². The van der Waals surface area contributed by atoms with Crippen LogP contribution < -0.4 is 10.6 Å². The lowest BCUT2D eigenvalue weighted by Crippen LogP contribution is -2.35. The first-order chi connectivity index (χ1) is 9.25. The molecule has 0 radical (unpaired) electrons. The summed E-state index contributed by atoms with van der Waals surface area (Å²) < 4.78 is 0. The Morgan fingerprint density at radius 1 is 1.16 bits per heavy atom. The fraction of sp³-hybridized carbons (Fsp3) is 0.533. The van der Waals surface area contributed by atoms with Crippen LogP contribution in [-0.4, -0.2) is 43.0 Å². The Kier molecular flexibility index (Phi) is 3.42. The molecule has 2 aliphatic heterocycles. The number of nitrogens with two attached hydrogens (primary N) is 1. The van der Waals surface area contributed by atoms with Crippen molar-refractivity contribution in [1.82, 2.24) is 4.90 Å². The minimum absolute atomic E-state index is 0.167. The van der Waals surface area contributed by atoms with Crippen molar-refractivity contribution in [3.8, 4) is 0 Å². The lowest BCUT2D eigenvalue weighted by molar-refractivity contribution is 0.260. The number of likely N-dealkylation sites (tertiary alicyclic amines) is 1. The van der Waals surface area contributed by atoms with Gasteiger partial charge < -0.3 is 10.6 Å². The molecule has 0 spiro atoms. The molecule has 0 bridgehead atoms. The second-order valence-electron chi connectivity index (χ2n) is 5.56. The molecule has 1 unspecified atom stereocenters. The first kappa shape index (κ1) is 12.5. The highest BCUT2D eigenvalue weighted by Gasteiger charge is 2.30. The lowest BCUT2D eigenvalue weighted by Gasteiger charge is -2.25. The fourth-order valence-electron chi connectivity index (χ4n) is 3.34. The average Bonchev–Trinajstić information content (AvgIpc) is 3.09. The van der Waals surface area contributed by atoms with Gasteiger partial charge in [-0.15, -0.1) is 0 Å². The molecule has 3 rings (SSSR count). The zero-order chi connectivity index (χ0) is 13.2. The van der Waals surface area contributed by atoms with Crippen LogP contribution in [0.4, 0.5) is 5.69 Å². The number of anilines is 1. The summed E-state index contributed by atoms with van der Waals surface area (Å²) in [6, 6.07) is 8.70. The Hall–Kier alpha value is -1.55. The van der Waals surface area contributed by atoms with Gasteiger partial charge in [0.2, 0.25) is 0 Å². The number of para-hydroxylation sites is 1. The summed E-state index contributed by atoms with van der Waals surface area (Å²) in [6.07, 6.45) is 3.92. The van der Waals surface area contributed by atoms with Crippen molar-refractivity contribution >= 4 is 11.5 Å². The SMILES string of the molecule is N=C(N)c1ccccc1N1CCC(N2CCCC2)C1. The molecule has 2 fully saturated rings. The third kappa shape index (κ3) is 2.45. The van der Waals surface area contributed by atoms with Gasteiger partial charge in [-0.3, -0.25) is 10.3 Å². The molecule has 1 aromatic carbocycles. The van der Waals surface area contributed by atoms with E-state index in [1.807, 2.05) is 18.2 Å². The molecule has 2 heterocycles. The number of rotatable bonds is 3. The summed E-state index contributed by atoms with van der Waals surface area (Å²) in [5, 5.41) is 7.70. The van der Waals surface area contributed by atoms with Crippen LogP contribution in [0.25, 0.3) is 0 Å². The number of benzene rings is 1. The normalized spacial score (nSPS) is 24.0. The number of hydrogen-bond acceptors (Lipinski definition) is 3. The summed E-state index contributed by atoms with van der Waals surface area (Å²) in [5.74, 6) is 0.167. The van der Waals surface area contributed by atoms with E-state index in [1.165, 1.54) is 32.4 Å². The van der Waals surface area contributed by atoms with Crippen LogP contribution in [0.15, 0.2) is 24.3 Å². The standard InChI is InChI=1S/C15H22N4/c16-15(17)13-5-1-2-6-14(13)19-10-7-12(11-19)18-8-3-4-9-18/h1-2,5-6,12H,3-4,7-11H2,(H3,16,17). The van der Waals surface area contributed by atoms with Crippen LogP contribution >= 0.6 is 0 Å². The van der Waals surface area contributed by atoms with Gasteiger partial charge in [-0.05, 0) is 44.5 Å². The molecule has 2 aliphatic rings. The van der Waals surface area contributed by atoms with Gasteiger partial charge in [0, 0.05) is 30.4 Å². The first-order valence-electron chi connectivity index (χ1n) is 7.18. The van der Waals surface area contributed by atoms with E-state index in [1.54, 1.807) is 0 Å². The zero-order valence-electron chi connectivity index (χ0n) is 11.3. The van der Waals surface area contributed by atoms with Crippen LogP contribution in [0, 0.1) is 5.41 Å². The molecule has 2 saturated heterocycles. The second-order valence-corrected chi connectivity index (χ2v) is 5.56. The Morgan fingerprint density at radius 2 is 1.89 bits per heavy atom. The minimum atomic E-state index is 0.167. The van der Waals surface area contributed by atoms with Gasteiger partial charge in [0.05, 0.1) is 0 Å². The maximum atomic E-state index is 7.70. The van der Waals surface area contributed by atoms with E-state index in [-0.39, 0.29) is 5.84 Å². The van der Waals surface area contributed by atoms with Crippen molar-refractivity contribution in [1.29, 1.82) is 5.41 Å². The molecule has 4 nitrogen and oxygen atoms in total. The number of nitrogens with one attached hydrogen (secondary N) is 1. The zero-order valence-corrected chi connectivity index (χ0v) is 11.3. The van der Waals surface area contributed by atoms with E-state index in [2.05, 4.69) is 15.9 Å². The Bertz CT molecular complexity index is 465. The largest absolute Gasteiger partial charge is 0.384 e. The number of amidine groups is 1. The predicted molar refractivity (Wildman–Crippen MR) is 78.9 cm³/mol. The van der Waals surface area contributed by atoms with Gasteiger partial charge >= 0.3 is 0 Å². The Morgan fingerprint density at radius 3 is 2.63 bits per heavy atom. The van der Waals surface area contributed by atoms with E-state index in [9.17, 15) is 0 Å². The van der Waals surface area contributed by atoms with Crippen LogP contribution in [0.1, 0.15) is 24.8 Å². The summed E-state index contributed by atoms with van der Waals surface area (Å²) in [4.78, 5) is 5.01. The summed E-state index contributed by atoms with van der Waals surface area (Å²) >= 11 is 0. The van der Waals surface area contributed by atoms with Crippen LogP contribution in [-0.2, 0) is 0 Å².